The normalized spacial score (nSPS) is 11.4. The maximum atomic E-state index is 12.6. The predicted molar refractivity (Wildman–Crippen MR) is 109 cm³/mol. The number of esters is 1. The summed E-state index contributed by atoms with van der Waals surface area (Å²) < 4.78 is 4.82. The Hall–Kier alpha value is -2.50. The lowest BCUT2D eigenvalue weighted by Crippen LogP contribution is -2.43. The molecule has 2 rings (SSSR count). The number of halogens is 2. The highest BCUT2D eigenvalue weighted by atomic mass is 35.5. The van der Waals surface area contributed by atoms with Crippen LogP contribution in [0.4, 0.5) is 5.69 Å². The number of hydrogen-bond donors (Lipinski definition) is 2. The van der Waals surface area contributed by atoms with E-state index in [9.17, 15) is 9.59 Å². The van der Waals surface area contributed by atoms with Crippen molar-refractivity contribution in [2.45, 2.75) is 12.5 Å². The molecule has 0 heterocycles. The number of hydrogen-bond acceptors (Lipinski definition) is 4. The Morgan fingerprint density at radius 2 is 1.78 bits per heavy atom. The van der Waals surface area contributed by atoms with Gasteiger partial charge in [-0.25, -0.2) is 4.79 Å². The van der Waals surface area contributed by atoms with Gasteiger partial charge >= 0.3 is 5.97 Å². The predicted octanol–water partition coefficient (Wildman–Crippen LogP) is 4.11. The van der Waals surface area contributed by atoms with Crippen molar-refractivity contribution in [3.8, 4) is 0 Å². The van der Waals surface area contributed by atoms with Crippen LogP contribution in [0.1, 0.15) is 15.9 Å². The Kier molecular flexibility index (Phi) is 7.70. The highest BCUT2D eigenvalue weighted by Crippen LogP contribution is 2.24. The lowest BCUT2D eigenvalue weighted by molar-refractivity contribution is -0.142. The van der Waals surface area contributed by atoms with Crippen molar-refractivity contribution in [1.82, 2.24) is 5.32 Å². The van der Waals surface area contributed by atoms with Gasteiger partial charge in [-0.1, -0.05) is 47.5 Å². The van der Waals surface area contributed by atoms with E-state index in [0.29, 0.717) is 6.54 Å². The smallest absolute Gasteiger partial charge is 0.328 e. The summed E-state index contributed by atoms with van der Waals surface area (Å²) in [6, 6.07) is 11.4. The molecule has 2 aromatic carbocycles. The van der Waals surface area contributed by atoms with Gasteiger partial charge in [0.05, 0.1) is 22.7 Å². The van der Waals surface area contributed by atoms with E-state index in [4.69, 9.17) is 27.9 Å². The second-order valence-corrected chi connectivity index (χ2v) is 6.53. The molecule has 2 N–H and O–H groups in total. The van der Waals surface area contributed by atoms with Crippen molar-refractivity contribution in [1.29, 1.82) is 0 Å². The number of amides is 1. The van der Waals surface area contributed by atoms with E-state index in [1.807, 2.05) is 24.3 Å². The summed E-state index contributed by atoms with van der Waals surface area (Å²) in [6.07, 6.45) is 2.03. The van der Waals surface area contributed by atoms with Crippen molar-refractivity contribution in [2.24, 2.45) is 0 Å². The standard InChI is InChI=1S/C20H20Cl2N2O3/c1-3-11-23-14-9-7-13(8-10-14)12-17(20(26)27-2)24-19(25)18-15(21)5-4-6-16(18)22/h3-10,17,23H,1,11-12H2,2H3,(H,24,25)/t17-/m0/s1. The fourth-order valence-corrected chi connectivity index (χ4v) is 3.03. The monoisotopic (exact) mass is 406 g/mol. The number of carbonyl (C=O) groups is 2. The molecule has 142 valence electrons. The zero-order chi connectivity index (χ0) is 19.8. The minimum Gasteiger partial charge on any atom is -0.467 e. The first-order chi connectivity index (χ1) is 13.0. The van der Waals surface area contributed by atoms with Gasteiger partial charge in [0.2, 0.25) is 0 Å². The summed E-state index contributed by atoms with van der Waals surface area (Å²) >= 11 is 12.1. The van der Waals surface area contributed by atoms with Gasteiger partial charge in [-0.3, -0.25) is 4.79 Å². The topological polar surface area (TPSA) is 67.4 Å². The largest absolute Gasteiger partial charge is 0.467 e. The minimum absolute atomic E-state index is 0.124. The molecule has 5 nitrogen and oxygen atoms in total. The highest BCUT2D eigenvalue weighted by molar-refractivity contribution is 6.39. The third kappa shape index (κ3) is 5.74. The minimum atomic E-state index is -0.873. The Bertz CT molecular complexity index is 802. The van der Waals surface area contributed by atoms with Crippen LogP contribution in [-0.2, 0) is 16.0 Å². The van der Waals surface area contributed by atoms with Crippen molar-refractivity contribution in [2.75, 3.05) is 19.0 Å². The van der Waals surface area contributed by atoms with Crippen LogP contribution in [0, 0.1) is 0 Å². The van der Waals surface area contributed by atoms with Crippen LogP contribution in [0.25, 0.3) is 0 Å². The van der Waals surface area contributed by atoms with Crippen LogP contribution in [-0.4, -0.2) is 31.6 Å². The number of rotatable bonds is 8. The second kappa shape index (κ2) is 10.00. The summed E-state index contributed by atoms with van der Waals surface area (Å²) in [5, 5.41) is 6.24. The van der Waals surface area contributed by atoms with Crippen LogP contribution in [0.3, 0.4) is 0 Å². The van der Waals surface area contributed by atoms with E-state index in [-0.39, 0.29) is 22.0 Å². The Balaban J connectivity index is 2.14. The van der Waals surface area contributed by atoms with Crippen molar-refractivity contribution < 1.29 is 14.3 Å². The number of anilines is 1. The summed E-state index contributed by atoms with van der Waals surface area (Å²) in [7, 11) is 1.27. The lowest BCUT2D eigenvalue weighted by Gasteiger charge is -2.18. The third-order valence-corrected chi connectivity index (χ3v) is 4.46. The van der Waals surface area contributed by atoms with E-state index in [2.05, 4.69) is 17.2 Å². The molecule has 0 aliphatic heterocycles. The van der Waals surface area contributed by atoms with E-state index in [1.54, 1.807) is 24.3 Å². The molecule has 0 aliphatic carbocycles. The number of benzene rings is 2. The maximum absolute atomic E-state index is 12.6. The van der Waals surface area contributed by atoms with Crippen molar-refractivity contribution in [3.05, 3.63) is 76.3 Å². The Morgan fingerprint density at radius 3 is 2.33 bits per heavy atom. The number of methoxy groups -OCH3 is 1. The molecule has 0 saturated carbocycles. The fraction of sp³-hybridized carbons (Fsp3) is 0.200. The number of ether oxygens (including phenoxy) is 1. The molecular weight excluding hydrogens is 387 g/mol. The zero-order valence-corrected chi connectivity index (χ0v) is 16.3. The summed E-state index contributed by atoms with van der Waals surface area (Å²) in [4.78, 5) is 24.7. The lowest BCUT2D eigenvalue weighted by atomic mass is 10.0. The quantitative estimate of drug-likeness (QED) is 0.511. The van der Waals surface area contributed by atoms with Crippen LogP contribution < -0.4 is 10.6 Å². The Labute approximate surface area is 168 Å². The van der Waals surface area contributed by atoms with Crippen molar-refractivity contribution >= 4 is 40.8 Å². The van der Waals surface area contributed by atoms with E-state index < -0.39 is 17.9 Å². The van der Waals surface area contributed by atoms with E-state index in [1.165, 1.54) is 7.11 Å². The molecule has 0 radical (unpaired) electrons. The molecule has 0 aromatic heterocycles. The highest BCUT2D eigenvalue weighted by Gasteiger charge is 2.24. The second-order valence-electron chi connectivity index (χ2n) is 5.72. The van der Waals surface area contributed by atoms with Crippen LogP contribution in [0.5, 0.6) is 0 Å². The summed E-state index contributed by atoms with van der Waals surface area (Å²) in [6.45, 7) is 4.31. The molecule has 0 saturated heterocycles. The first-order valence-corrected chi connectivity index (χ1v) is 8.98. The van der Waals surface area contributed by atoms with Crippen LogP contribution >= 0.6 is 23.2 Å². The van der Waals surface area contributed by atoms with Gasteiger partial charge in [-0.15, -0.1) is 6.58 Å². The molecule has 0 spiro atoms. The Morgan fingerprint density at radius 1 is 1.15 bits per heavy atom. The number of carbonyl (C=O) groups excluding carboxylic acids is 2. The first-order valence-electron chi connectivity index (χ1n) is 8.22. The molecule has 27 heavy (non-hydrogen) atoms. The molecule has 1 atom stereocenters. The zero-order valence-electron chi connectivity index (χ0n) is 14.8. The molecular formula is C20H20Cl2N2O3. The van der Waals surface area contributed by atoms with Gasteiger partial charge in [-0.05, 0) is 29.8 Å². The maximum Gasteiger partial charge on any atom is 0.328 e. The summed E-state index contributed by atoms with van der Waals surface area (Å²) in [5.41, 5.74) is 1.92. The van der Waals surface area contributed by atoms with Crippen LogP contribution in [0.2, 0.25) is 10.0 Å². The molecule has 0 unspecified atom stereocenters. The van der Waals surface area contributed by atoms with E-state index >= 15 is 0 Å². The van der Waals surface area contributed by atoms with Gasteiger partial charge in [-0.2, -0.15) is 0 Å². The van der Waals surface area contributed by atoms with Crippen LogP contribution in [0.15, 0.2) is 55.1 Å². The summed E-state index contributed by atoms with van der Waals surface area (Å²) in [5.74, 6) is -1.09. The van der Waals surface area contributed by atoms with Crippen molar-refractivity contribution in [3.63, 3.8) is 0 Å². The van der Waals surface area contributed by atoms with Gasteiger partial charge in [0.1, 0.15) is 6.04 Å². The van der Waals surface area contributed by atoms with Gasteiger partial charge in [0.15, 0.2) is 0 Å². The molecule has 0 fully saturated rings. The molecule has 7 heteroatoms. The van der Waals surface area contributed by atoms with Gasteiger partial charge in [0.25, 0.3) is 5.91 Å². The van der Waals surface area contributed by atoms with E-state index in [0.717, 1.165) is 11.3 Å². The molecule has 2 aromatic rings. The molecule has 1 amide bonds. The third-order valence-electron chi connectivity index (χ3n) is 3.83. The van der Waals surface area contributed by atoms with Gasteiger partial charge < -0.3 is 15.4 Å². The molecule has 0 bridgehead atoms. The number of nitrogens with one attached hydrogen (secondary N) is 2. The molecule has 0 aliphatic rings. The fourth-order valence-electron chi connectivity index (χ4n) is 2.47. The van der Waals surface area contributed by atoms with Gasteiger partial charge in [0, 0.05) is 18.7 Å². The SMILES string of the molecule is C=CCNc1ccc(C[C@H](NC(=O)c2c(Cl)cccc2Cl)C(=O)OC)cc1. The first kappa shape index (κ1) is 20.8. The average molecular weight is 407 g/mol. The average Bonchev–Trinajstić information content (AvgIpc) is 2.66.